The first kappa shape index (κ1) is 17.7. The largest absolute Gasteiger partial charge is 0.335 e. The van der Waals surface area contributed by atoms with E-state index in [0.29, 0.717) is 6.04 Å². The summed E-state index contributed by atoms with van der Waals surface area (Å²) in [5.74, 6) is 0.820. The maximum absolute atomic E-state index is 12.4. The molecule has 6 heteroatoms. The first-order valence-corrected chi connectivity index (χ1v) is 10.2. The molecule has 0 unspecified atom stereocenters. The number of piperazine rings is 1. The number of carbonyl (C=O) groups excluding carboxylic acids is 1. The van der Waals surface area contributed by atoms with Crippen LogP contribution in [0.3, 0.4) is 0 Å². The lowest BCUT2D eigenvalue weighted by atomic mass is 9.87. The van der Waals surface area contributed by atoms with Crippen molar-refractivity contribution in [2.24, 2.45) is 5.92 Å². The van der Waals surface area contributed by atoms with E-state index in [1.54, 1.807) is 11.3 Å². The number of carbonyl (C=O) groups is 1. The number of rotatable bonds is 4. The average Bonchev–Trinajstić information content (AvgIpc) is 3.05. The fourth-order valence-electron chi connectivity index (χ4n) is 3.59. The number of aryl methyl sites for hydroxylation is 1. The van der Waals surface area contributed by atoms with Crippen molar-refractivity contribution in [3.05, 3.63) is 16.1 Å². The third-order valence-electron chi connectivity index (χ3n) is 5.29. The van der Waals surface area contributed by atoms with E-state index in [-0.39, 0.29) is 6.03 Å². The van der Waals surface area contributed by atoms with E-state index in [4.69, 9.17) is 0 Å². The number of aromatic nitrogens is 1. The summed E-state index contributed by atoms with van der Waals surface area (Å²) in [7, 11) is 0. The van der Waals surface area contributed by atoms with Crippen LogP contribution in [0.4, 0.5) is 4.79 Å². The van der Waals surface area contributed by atoms with Gasteiger partial charge in [0.05, 0.1) is 10.7 Å². The normalized spacial score (nSPS) is 25.7. The Labute approximate surface area is 149 Å². The van der Waals surface area contributed by atoms with E-state index in [0.717, 1.165) is 57.9 Å². The lowest BCUT2D eigenvalue weighted by Crippen LogP contribution is -2.53. The molecule has 0 spiro atoms. The summed E-state index contributed by atoms with van der Waals surface area (Å²) in [6.07, 6.45) is 5.77. The molecule has 0 atom stereocenters. The summed E-state index contributed by atoms with van der Waals surface area (Å²) in [6.45, 7) is 8.88. The molecule has 2 aliphatic rings. The van der Waals surface area contributed by atoms with Crippen molar-refractivity contribution in [3.63, 3.8) is 0 Å². The Balaban J connectivity index is 1.40. The maximum atomic E-state index is 12.4. The fourth-order valence-corrected chi connectivity index (χ4v) is 4.33. The van der Waals surface area contributed by atoms with E-state index in [1.807, 2.05) is 4.90 Å². The quantitative estimate of drug-likeness (QED) is 0.908. The molecule has 2 fully saturated rings. The van der Waals surface area contributed by atoms with Gasteiger partial charge in [-0.2, -0.15) is 0 Å². The van der Waals surface area contributed by atoms with Crippen LogP contribution < -0.4 is 5.32 Å². The van der Waals surface area contributed by atoms with Gasteiger partial charge in [-0.25, -0.2) is 9.78 Å². The van der Waals surface area contributed by atoms with Gasteiger partial charge in [0.1, 0.15) is 0 Å². The molecule has 24 heavy (non-hydrogen) atoms. The predicted octanol–water partition coefficient (Wildman–Crippen LogP) is 3.11. The number of nitrogens with one attached hydrogen (secondary N) is 1. The number of hydrogen-bond acceptors (Lipinski definition) is 4. The van der Waals surface area contributed by atoms with Gasteiger partial charge in [0.15, 0.2) is 0 Å². The van der Waals surface area contributed by atoms with Crippen LogP contribution in [-0.4, -0.2) is 53.0 Å². The molecule has 0 radical (unpaired) electrons. The number of amides is 2. The minimum absolute atomic E-state index is 0.135. The Morgan fingerprint density at radius 2 is 1.96 bits per heavy atom. The van der Waals surface area contributed by atoms with Gasteiger partial charge < -0.3 is 10.2 Å². The lowest BCUT2D eigenvalue weighted by Gasteiger charge is -2.36. The SMILES string of the molecule is CCc1nc(CN2CCN(C(=O)NC3CCC(C)CC3)CC2)cs1. The summed E-state index contributed by atoms with van der Waals surface area (Å²) in [5.41, 5.74) is 1.17. The van der Waals surface area contributed by atoms with Crippen LogP contribution >= 0.6 is 11.3 Å². The Bertz CT molecular complexity index is 531. The van der Waals surface area contributed by atoms with Gasteiger partial charge in [-0.3, -0.25) is 4.90 Å². The van der Waals surface area contributed by atoms with Crippen molar-refractivity contribution in [1.29, 1.82) is 0 Å². The molecule has 5 nitrogen and oxygen atoms in total. The molecule has 1 aromatic rings. The molecule has 0 bridgehead atoms. The average molecular weight is 351 g/mol. The molecule has 2 heterocycles. The molecule has 2 amide bonds. The molecule has 1 aromatic heterocycles. The van der Waals surface area contributed by atoms with Crippen molar-refractivity contribution in [3.8, 4) is 0 Å². The molecule has 1 aliphatic carbocycles. The topological polar surface area (TPSA) is 48.5 Å². The Morgan fingerprint density at radius 3 is 2.58 bits per heavy atom. The van der Waals surface area contributed by atoms with E-state index in [9.17, 15) is 4.79 Å². The molecular weight excluding hydrogens is 320 g/mol. The second-order valence-corrected chi connectivity index (χ2v) is 8.20. The van der Waals surface area contributed by atoms with Gasteiger partial charge in [-0.1, -0.05) is 13.8 Å². The standard InChI is InChI=1S/C18H30N4OS/c1-3-17-19-16(13-24-17)12-21-8-10-22(11-9-21)18(23)20-15-6-4-14(2)5-7-15/h13-15H,3-12H2,1-2H3,(H,20,23). The first-order valence-electron chi connectivity index (χ1n) is 9.35. The molecule has 134 valence electrons. The van der Waals surface area contributed by atoms with Crippen molar-refractivity contribution in [1.82, 2.24) is 20.1 Å². The van der Waals surface area contributed by atoms with Crippen molar-refractivity contribution in [2.45, 2.75) is 58.5 Å². The Kier molecular flexibility index (Phi) is 6.11. The van der Waals surface area contributed by atoms with E-state index < -0.39 is 0 Å². The summed E-state index contributed by atoms with van der Waals surface area (Å²) >= 11 is 1.75. The highest BCUT2D eigenvalue weighted by molar-refractivity contribution is 7.09. The van der Waals surface area contributed by atoms with Crippen LogP contribution in [0.1, 0.15) is 50.2 Å². The van der Waals surface area contributed by atoms with E-state index >= 15 is 0 Å². The molecule has 0 aromatic carbocycles. The summed E-state index contributed by atoms with van der Waals surface area (Å²) in [4.78, 5) is 21.5. The molecule has 3 rings (SSSR count). The summed E-state index contributed by atoms with van der Waals surface area (Å²) in [5, 5.41) is 6.62. The smallest absolute Gasteiger partial charge is 0.317 e. The highest BCUT2D eigenvalue weighted by Crippen LogP contribution is 2.23. The van der Waals surface area contributed by atoms with Crippen molar-refractivity contribution >= 4 is 17.4 Å². The molecule has 1 N–H and O–H groups in total. The third-order valence-corrected chi connectivity index (χ3v) is 6.33. The molecule has 1 saturated heterocycles. The second kappa shape index (κ2) is 8.30. The monoisotopic (exact) mass is 350 g/mol. The summed E-state index contributed by atoms with van der Waals surface area (Å²) < 4.78 is 0. The Morgan fingerprint density at radius 1 is 1.25 bits per heavy atom. The fraction of sp³-hybridized carbons (Fsp3) is 0.778. The predicted molar refractivity (Wildman–Crippen MR) is 98.3 cm³/mol. The van der Waals surface area contributed by atoms with Crippen LogP contribution in [0, 0.1) is 5.92 Å². The number of thiazole rings is 1. The molecular formula is C18H30N4OS. The number of hydrogen-bond donors (Lipinski definition) is 1. The van der Waals surface area contributed by atoms with Gasteiger partial charge in [-0.05, 0) is 38.0 Å². The Hall–Kier alpha value is -1.14. The van der Waals surface area contributed by atoms with Crippen LogP contribution in [0.15, 0.2) is 5.38 Å². The highest BCUT2D eigenvalue weighted by Gasteiger charge is 2.25. The summed E-state index contributed by atoms with van der Waals surface area (Å²) in [6, 6.07) is 0.519. The van der Waals surface area contributed by atoms with Crippen LogP contribution in [0.2, 0.25) is 0 Å². The molecule has 1 aliphatic heterocycles. The van der Waals surface area contributed by atoms with E-state index in [2.05, 4.69) is 34.4 Å². The second-order valence-electron chi connectivity index (χ2n) is 7.26. The van der Waals surface area contributed by atoms with Crippen molar-refractivity contribution in [2.75, 3.05) is 26.2 Å². The minimum atomic E-state index is 0.135. The zero-order chi connectivity index (χ0) is 16.9. The van der Waals surface area contributed by atoms with Crippen LogP contribution in [-0.2, 0) is 13.0 Å². The van der Waals surface area contributed by atoms with Gasteiger partial charge in [0.25, 0.3) is 0 Å². The first-order chi connectivity index (χ1) is 11.6. The molecule has 1 saturated carbocycles. The van der Waals surface area contributed by atoms with Crippen molar-refractivity contribution < 1.29 is 4.79 Å². The number of urea groups is 1. The minimum Gasteiger partial charge on any atom is -0.335 e. The zero-order valence-corrected chi connectivity index (χ0v) is 15.8. The third kappa shape index (κ3) is 4.70. The van der Waals surface area contributed by atoms with Crippen LogP contribution in [0.5, 0.6) is 0 Å². The van der Waals surface area contributed by atoms with Gasteiger partial charge in [-0.15, -0.1) is 11.3 Å². The van der Waals surface area contributed by atoms with Gasteiger partial charge >= 0.3 is 6.03 Å². The zero-order valence-electron chi connectivity index (χ0n) is 15.0. The van der Waals surface area contributed by atoms with Gasteiger partial charge in [0.2, 0.25) is 0 Å². The van der Waals surface area contributed by atoms with Crippen LogP contribution in [0.25, 0.3) is 0 Å². The lowest BCUT2D eigenvalue weighted by molar-refractivity contribution is 0.130. The highest BCUT2D eigenvalue weighted by atomic mass is 32.1. The maximum Gasteiger partial charge on any atom is 0.317 e. The van der Waals surface area contributed by atoms with Gasteiger partial charge in [0, 0.05) is 44.1 Å². The van der Waals surface area contributed by atoms with E-state index in [1.165, 1.54) is 23.5 Å². The number of nitrogens with zero attached hydrogens (tertiary/aromatic N) is 3.